The van der Waals surface area contributed by atoms with E-state index in [1.165, 1.54) is 43.7 Å². The largest absolute Gasteiger partial charge is 0.166 e. The molecule has 0 aromatic heterocycles. The van der Waals surface area contributed by atoms with Gasteiger partial charge < -0.3 is 4.74 Å². The minimum atomic E-state index is -10.7. The molecule has 0 aliphatic carbocycles. The van der Waals surface area contributed by atoms with Crippen LogP contribution in [0.2, 0.25) is 0 Å². The molecule has 0 saturated heterocycles. The van der Waals surface area contributed by atoms with E-state index in [1.807, 2.05) is 13.0 Å². The molecule has 0 N–H and O–H groups in total. The number of rotatable bonds is 10. The Labute approximate surface area is 328 Å². The second-order valence-electron chi connectivity index (χ2n) is 11.4. The Hall–Kier alpha value is -5.26. The number of methoxy groups -OCH3 is 1. The van der Waals surface area contributed by atoms with E-state index in [-0.39, 0.29) is 21.5 Å². The minimum absolute atomic E-state index is 0.0288. The smallest absolute Gasteiger partial charge is 0.0901 e. The summed E-state index contributed by atoms with van der Waals surface area (Å²) in [4.78, 5) is 6.55. The Morgan fingerprint density at radius 2 is 1.07 bits per heavy atom. The molecule has 6 aromatic carbocycles. The molecule has 0 fully saturated rings. The summed E-state index contributed by atoms with van der Waals surface area (Å²) < 4.78 is 92.9. The minimum Gasteiger partial charge on any atom is -0.0901 e. The topological polar surface area (TPSA) is 88.8 Å². The van der Waals surface area contributed by atoms with Crippen LogP contribution in [0.25, 0.3) is 0 Å². The van der Waals surface area contributed by atoms with Crippen LogP contribution in [-0.4, -0.2) is 21.2 Å². The van der Waals surface area contributed by atoms with Gasteiger partial charge in [0.2, 0.25) is 0 Å². The van der Waals surface area contributed by atoms with Crippen LogP contribution in [0.1, 0.15) is 11.1 Å². The molecular weight excluding hydrogens is 814 g/mol. The van der Waals surface area contributed by atoms with E-state index in [9.17, 15) is 33.6 Å². The number of aryl methyl sites for hydroxylation is 1. The van der Waals surface area contributed by atoms with Gasteiger partial charge in [-0.15, -0.1) is 0 Å². The third-order valence-electron chi connectivity index (χ3n) is 7.00. The van der Waals surface area contributed by atoms with E-state index in [0.29, 0.717) is 11.3 Å². The average Bonchev–Trinajstić information content (AvgIpc) is 3.17. The molecule has 6 rings (SSSR count). The number of oxime groups is 1. The maximum absolute atomic E-state index is 12.0. The molecule has 16 heteroatoms. The Balaban J connectivity index is 0.000000214. The van der Waals surface area contributed by atoms with Gasteiger partial charge in [0.05, 0.1) is 18.0 Å². The van der Waals surface area contributed by atoms with E-state index in [2.05, 4.69) is 125 Å². The summed E-state index contributed by atoms with van der Waals surface area (Å²) in [6, 6.07) is 55.5. The number of ether oxygens (including phenoxy) is 1. The monoisotopic (exact) mass is 846 g/mol. The van der Waals surface area contributed by atoms with Crippen LogP contribution in [0.15, 0.2) is 198 Å². The van der Waals surface area contributed by atoms with Gasteiger partial charge in [0, 0.05) is 15.4 Å². The van der Waals surface area contributed by atoms with Crippen LogP contribution in [-0.2, 0) is 25.3 Å². The number of halogens is 6. The van der Waals surface area contributed by atoms with Crippen molar-refractivity contribution in [3.8, 4) is 11.8 Å². The van der Waals surface area contributed by atoms with Crippen molar-refractivity contribution in [1.29, 1.82) is 5.26 Å². The first-order chi connectivity index (χ1) is 26.3. The fourth-order valence-electron chi connectivity index (χ4n) is 4.51. The first-order valence-electron chi connectivity index (χ1n) is 16.2. The summed E-state index contributed by atoms with van der Waals surface area (Å²) in [6.07, 6.45) is 0. The molecule has 0 radical (unpaired) electrons. The van der Waals surface area contributed by atoms with Gasteiger partial charge in [0.1, 0.15) is 16.7 Å². The van der Waals surface area contributed by atoms with Gasteiger partial charge in [-0.05, 0) is 104 Å². The predicted molar refractivity (Wildman–Crippen MR) is 210 cm³/mol. The van der Waals surface area contributed by atoms with Crippen LogP contribution < -0.4 is 4.74 Å². The van der Waals surface area contributed by atoms with Gasteiger partial charge in [0.25, 0.3) is 0 Å². The molecule has 0 spiro atoms. The second kappa shape index (κ2) is 18.1. The summed E-state index contributed by atoms with van der Waals surface area (Å²) in [5, 5.41) is 12.6. The third kappa shape index (κ3) is 15.5. The number of hydrogen-bond donors (Lipinski definition) is 0. The molecule has 0 atom stereocenters. The Morgan fingerprint density at radius 3 is 1.52 bits per heavy atom. The number of hydrogen-bond acceptors (Lipinski definition) is 7. The number of nitrogens with zero attached hydrogens (tertiary/aromatic N) is 2. The first-order valence-corrected chi connectivity index (χ1v) is 21.7. The summed E-state index contributed by atoms with van der Waals surface area (Å²) >= 11 is 1.80. The van der Waals surface area contributed by atoms with Crippen molar-refractivity contribution < 1.29 is 42.6 Å². The van der Waals surface area contributed by atoms with E-state index < -0.39 is 17.9 Å². The fourth-order valence-corrected chi connectivity index (χ4v) is 8.16. The molecular formula is C40H33F6N2O4PS3. The second-order valence-corrected chi connectivity index (χ2v) is 18.0. The quantitative estimate of drug-likeness (QED) is 0.0448. The van der Waals surface area contributed by atoms with Crippen molar-refractivity contribution in [2.45, 2.75) is 36.3 Å². The van der Waals surface area contributed by atoms with E-state index in [1.54, 1.807) is 48.2 Å². The standard InChI is InChI=1S/C24H19S2.C16H14N2O4S.F6P/c1-4-10-20(11-5-1)25-21-16-18-24(19-17-21)26(22-12-6-2-7-13-22)23-14-8-3-9-15-23;1-12-3-9-15(10-4-12)23(19,20)22-18-16(11-17)13-5-7-14(21-2)8-6-13;1-7(2,3,4,5)6/h1-19H;3-10H,1-2H3;/q+1;;-1/b;18-16+;. The third-order valence-corrected chi connectivity index (χ3v) is 11.4. The summed E-state index contributed by atoms with van der Waals surface area (Å²) in [6.45, 7) is 1.84. The average molecular weight is 847 g/mol. The molecule has 56 heavy (non-hydrogen) atoms. The van der Waals surface area contributed by atoms with E-state index in [0.717, 1.165) is 5.56 Å². The zero-order chi connectivity index (χ0) is 40.9. The molecule has 0 aliphatic rings. The van der Waals surface area contributed by atoms with Crippen molar-refractivity contribution in [3.63, 3.8) is 0 Å². The zero-order valence-corrected chi connectivity index (χ0v) is 32.9. The maximum atomic E-state index is 12.0. The van der Waals surface area contributed by atoms with Gasteiger partial charge in [-0.3, -0.25) is 4.28 Å². The van der Waals surface area contributed by atoms with Gasteiger partial charge in [-0.1, -0.05) is 89.2 Å². The Bertz CT molecular complexity index is 2300. The maximum Gasteiger partial charge on any atom is 0.166 e. The van der Waals surface area contributed by atoms with Crippen molar-refractivity contribution in [2.75, 3.05) is 7.11 Å². The molecule has 0 heterocycles. The van der Waals surface area contributed by atoms with Crippen molar-refractivity contribution in [2.24, 2.45) is 5.16 Å². The summed E-state index contributed by atoms with van der Waals surface area (Å²) in [5.41, 5.74) is 1.19. The van der Waals surface area contributed by atoms with Crippen molar-refractivity contribution >= 4 is 46.3 Å². The van der Waals surface area contributed by atoms with Gasteiger partial charge in [-0.2, -0.15) is 13.7 Å². The van der Waals surface area contributed by atoms with Crippen LogP contribution in [0.4, 0.5) is 25.2 Å². The van der Waals surface area contributed by atoms with E-state index >= 15 is 0 Å². The van der Waals surface area contributed by atoms with Gasteiger partial charge in [0.15, 0.2) is 20.4 Å². The number of benzene rings is 6. The molecule has 0 aliphatic heterocycles. The molecule has 0 amide bonds. The molecule has 0 bridgehead atoms. The van der Waals surface area contributed by atoms with Crippen molar-refractivity contribution in [3.05, 3.63) is 175 Å². The molecule has 0 saturated carbocycles. The Morgan fingerprint density at radius 1 is 0.643 bits per heavy atom. The zero-order valence-electron chi connectivity index (χ0n) is 29.6. The predicted octanol–water partition coefficient (Wildman–Crippen LogP) is 13.0. The number of nitriles is 1. The fraction of sp³-hybridized carbons (Fsp3) is 0.0500. The van der Waals surface area contributed by atoms with Crippen LogP contribution in [0.3, 0.4) is 0 Å². The first kappa shape index (κ1) is 43.5. The van der Waals surface area contributed by atoms with Crippen LogP contribution in [0, 0.1) is 18.3 Å². The van der Waals surface area contributed by atoms with Crippen molar-refractivity contribution in [1.82, 2.24) is 0 Å². The SMILES string of the molecule is COc1ccc(/C(C#N)=N/OS(=O)(=O)c2ccc(C)cc2)cc1.F[P-](F)(F)(F)(F)F.c1ccc(Sc2ccc([S+](c3ccccc3)c3ccccc3)cc2)cc1. The normalized spacial score (nSPS) is 12.7. The molecule has 6 aromatic rings. The molecule has 6 nitrogen and oxygen atoms in total. The van der Waals surface area contributed by atoms with Gasteiger partial charge >= 0.3 is 43.1 Å². The van der Waals surface area contributed by atoms with Crippen LogP contribution in [0.5, 0.6) is 5.75 Å². The summed E-state index contributed by atoms with van der Waals surface area (Å²) in [7, 11) is -13.3. The molecule has 292 valence electrons. The van der Waals surface area contributed by atoms with Crippen LogP contribution >= 0.6 is 19.6 Å². The summed E-state index contributed by atoms with van der Waals surface area (Å²) in [5.74, 6) is 0.610. The van der Waals surface area contributed by atoms with E-state index in [4.69, 9.17) is 10.00 Å². The van der Waals surface area contributed by atoms with Gasteiger partial charge in [-0.25, -0.2) is 0 Å². The Kier molecular flexibility index (Phi) is 14.1. The molecule has 0 unspecified atom stereocenters.